The average molecular weight is 430 g/mol. The van der Waals surface area contributed by atoms with E-state index in [1.165, 1.54) is 10.8 Å². The number of benzene rings is 3. The fourth-order valence-corrected chi connectivity index (χ4v) is 3.98. The standard InChI is InChI=1S/C24H16ClN3O3/c25-18-13-15(27-22(29)19-7-3-4-12-26-19)9-11-20(18)28-23(30)17-10-8-14-5-1-2-6-16(14)21(17)24(28)31/h1-13,30-31H,(H,27,29). The maximum Gasteiger partial charge on any atom is 0.274 e. The second-order valence-corrected chi connectivity index (χ2v) is 7.43. The van der Waals surface area contributed by atoms with Gasteiger partial charge in [-0.3, -0.25) is 9.78 Å². The molecule has 3 aromatic carbocycles. The van der Waals surface area contributed by atoms with Crippen LogP contribution >= 0.6 is 11.6 Å². The first-order valence-corrected chi connectivity index (χ1v) is 9.89. The van der Waals surface area contributed by atoms with Crippen molar-refractivity contribution in [1.82, 2.24) is 9.55 Å². The lowest BCUT2D eigenvalue weighted by Gasteiger charge is -2.11. The van der Waals surface area contributed by atoms with E-state index in [9.17, 15) is 15.0 Å². The molecule has 0 saturated carbocycles. The monoisotopic (exact) mass is 429 g/mol. The maximum atomic E-state index is 12.3. The molecular weight excluding hydrogens is 414 g/mol. The third-order valence-corrected chi connectivity index (χ3v) is 5.46. The number of fused-ring (bicyclic) bond motifs is 3. The Hall–Kier alpha value is -4.03. The number of aromatic nitrogens is 2. The van der Waals surface area contributed by atoms with Gasteiger partial charge in [0.05, 0.1) is 16.1 Å². The Morgan fingerprint density at radius 3 is 2.48 bits per heavy atom. The Kier molecular flexibility index (Phi) is 4.49. The van der Waals surface area contributed by atoms with Crippen molar-refractivity contribution >= 4 is 44.7 Å². The van der Waals surface area contributed by atoms with Crippen LogP contribution in [0.2, 0.25) is 5.02 Å². The van der Waals surface area contributed by atoms with Gasteiger partial charge in [0.25, 0.3) is 5.91 Å². The Balaban J connectivity index is 1.58. The third kappa shape index (κ3) is 3.14. The Bertz CT molecular complexity index is 1460. The van der Waals surface area contributed by atoms with Crippen LogP contribution in [0.3, 0.4) is 0 Å². The number of anilines is 1. The van der Waals surface area contributed by atoms with Crippen LogP contribution in [0.15, 0.2) is 79.0 Å². The van der Waals surface area contributed by atoms with Gasteiger partial charge in [-0.2, -0.15) is 0 Å². The molecule has 0 aliphatic rings. The Morgan fingerprint density at radius 1 is 0.903 bits per heavy atom. The van der Waals surface area contributed by atoms with Crippen LogP contribution in [-0.4, -0.2) is 25.7 Å². The lowest BCUT2D eigenvalue weighted by Crippen LogP contribution is -2.13. The molecule has 0 unspecified atom stereocenters. The zero-order valence-electron chi connectivity index (χ0n) is 16.1. The molecule has 5 aromatic rings. The highest BCUT2D eigenvalue weighted by Crippen LogP contribution is 2.44. The van der Waals surface area contributed by atoms with Crippen molar-refractivity contribution in [3.8, 4) is 17.4 Å². The minimum atomic E-state index is -0.367. The van der Waals surface area contributed by atoms with E-state index >= 15 is 0 Å². The molecule has 2 heterocycles. The second-order valence-electron chi connectivity index (χ2n) is 7.03. The molecule has 5 rings (SSSR count). The van der Waals surface area contributed by atoms with Crippen LogP contribution in [0, 0.1) is 0 Å². The molecule has 0 aliphatic heterocycles. The number of carbonyl (C=O) groups excluding carboxylic acids is 1. The first-order chi connectivity index (χ1) is 15.0. The second kappa shape index (κ2) is 7.34. The molecular formula is C24H16ClN3O3. The van der Waals surface area contributed by atoms with Crippen molar-refractivity contribution in [1.29, 1.82) is 0 Å². The van der Waals surface area contributed by atoms with Gasteiger partial charge in [-0.1, -0.05) is 48.0 Å². The molecule has 0 aliphatic carbocycles. The molecule has 7 heteroatoms. The van der Waals surface area contributed by atoms with Crippen LogP contribution in [0.5, 0.6) is 11.8 Å². The summed E-state index contributed by atoms with van der Waals surface area (Å²) >= 11 is 6.47. The number of amides is 1. The van der Waals surface area contributed by atoms with Crippen molar-refractivity contribution < 1.29 is 15.0 Å². The van der Waals surface area contributed by atoms with Crippen molar-refractivity contribution in [2.24, 2.45) is 0 Å². The fourth-order valence-electron chi connectivity index (χ4n) is 3.72. The smallest absolute Gasteiger partial charge is 0.274 e. The first kappa shape index (κ1) is 19.0. The van der Waals surface area contributed by atoms with Gasteiger partial charge in [-0.05, 0) is 47.2 Å². The molecule has 3 N–H and O–H groups in total. The zero-order valence-corrected chi connectivity index (χ0v) is 16.8. The van der Waals surface area contributed by atoms with Crippen molar-refractivity contribution in [2.75, 3.05) is 5.32 Å². The number of nitrogens with one attached hydrogen (secondary N) is 1. The van der Waals surface area contributed by atoms with Crippen LogP contribution in [0.4, 0.5) is 5.69 Å². The summed E-state index contributed by atoms with van der Waals surface area (Å²) in [6.07, 6.45) is 1.54. The number of carbonyl (C=O) groups is 1. The van der Waals surface area contributed by atoms with Gasteiger partial charge in [0.2, 0.25) is 11.8 Å². The summed E-state index contributed by atoms with van der Waals surface area (Å²) in [5, 5.41) is 27.6. The number of rotatable bonds is 3. The van der Waals surface area contributed by atoms with Crippen molar-refractivity contribution in [3.05, 3.63) is 89.7 Å². The average Bonchev–Trinajstić information content (AvgIpc) is 3.05. The predicted molar refractivity (Wildman–Crippen MR) is 121 cm³/mol. The molecule has 0 saturated heterocycles. The molecule has 0 spiro atoms. The zero-order chi connectivity index (χ0) is 21.5. The predicted octanol–water partition coefficient (Wildman–Crippen LogP) is 5.50. The first-order valence-electron chi connectivity index (χ1n) is 9.51. The number of aromatic hydroxyl groups is 2. The molecule has 6 nitrogen and oxygen atoms in total. The number of pyridine rings is 1. The maximum absolute atomic E-state index is 12.3. The van der Waals surface area contributed by atoms with Gasteiger partial charge < -0.3 is 15.5 Å². The van der Waals surface area contributed by atoms with E-state index in [1.807, 2.05) is 30.3 Å². The van der Waals surface area contributed by atoms with E-state index in [0.29, 0.717) is 22.1 Å². The van der Waals surface area contributed by atoms with Crippen LogP contribution in [0.1, 0.15) is 10.5 Å². The molecule has 0 atom stereocenters. The molecule has 152 valence electrons. The summed E-state index contributed by atoms with van der Waals surface area (Å²) < 4.78 is 1.30. The largest absolute Gasteiger partial charge is 0.494 e. The summed E-state index contributed by atoms with van der Waals surface area (Å²) in [6, 6.07) is 21.1. The van der Waals surface area contributed by atoms with E-state index in [1.54, 1.807) is 42.5 Å². The molecule has 31 heavy (non-hydrogen) atoms. The topological polar surface area (TPSA) is 87.4 Å². The van der Waals surface area contributed by atoms with Crippen LogP contribution in [-0.2, 0) is 0 Å². The SMILES string of the molecule is O=C(Nc1ccc(-n2c(O)c3ccc4ccccc4c3c2O)c(Cl)c1)c1ccccn1. The van der Waals surface area contributed by atoms with Gasteiger partial charge in [-0.15, -0.1) is 0 Å². The number of nitrogens with zero attached hydrogens (tertiary/aromatic N) is 2. The third-order valence-electron chi connectivity index (χ3n) is 5.16. The molecule has 0 fully saturated rings. The minimum Gasteiger partial charge on any atom is -0.494 e. The van der Waals surface area contributed by atoms with Crippen LogP contribution in [0.25, 0.3) is 27.2 Å². The molecule has 0 radical (unpaired) electrons. The van der Waals surface area contributed by atoms with E-state index < -0.39 is 0 Å². The van der Waals surface area contributed by atoms with Crippen molar-refractivity contribution in [2.45, 2.75) is 0 Å². The highest BCUT2D eigenvalue weighted by Gasteiger charge is 2.21. The minimum absolute atomic E-state index is 0.114. The summed E-state index contributed by atoms with van der Waals surface area (Å²) in [5.41, 5.74) is 1.12. The van der Waals surface area contributed by atoms with Gasteiger partial charge >= 0.3 is 0 Å². The van der Waals surface area contributed by atoms with E-state index in [0.717, 1.165) is 10.8 Å². The van der Waals surface area contributed by atoms with Gasteiger partial charge in [0, 0.05) is 17.3 Å². The highest BCUT2D eigenvalue weighted by molar-refractivity contribution is 6.33. The summed E-state index contributed by atoms with van der Waals surface area (Å²) in [7, 11) is 0. The highest BCUT2D eigenvalue weighted by atomic mass is 35.5. The van der Waals surface area contributed by atoms with Gasteiger partial charge in [-0.25, -0.2) is 4.57 Å². The number of halogens is 1. The van der Waals surface area contributed by atoms with Gasteiger partial charge in [0.1, 0.15) is 5.69 Å². The van der Waals surface area contributed by atoms with E-state index in [4.69, 9.17) is 11.6 Å². The molecule has 0 bridgehead atoms. The molecule has 1 amide bonds. The fraction of sp³-hybridized carbons (Fsp3) is 0. The number of hydrogen-bond acceptors (Lipinski definition) is 4. The van der Waals surface area contributed by atoms with Crippen molar-refractivity contribution in [3.63, 3.8) is 0 Å². The lowest BCUT2D eigenvalue weighted by atomic mass is 10.1. The van der Waals surface area contributed by atoms with E-state index in [2.05, 4.69) is 10.3 Å². The quantitative estimate of drug-likeness (QED) is 0.353. The van der Waals surface area contributed by atoms with E-state index in [-0.39, 0.29) is 28.4 Å². The van der Waals surface area contributed by atoms with Gasteiger partial charge in [0.15, 0.2) is 0 Å². The Labute approximate surface area is 182 Å². The lowest BCUT2D eigenvalue weighted by molar-refractivity contribution is 0.102. The summed E-state index contributed by atoms with van der Waals surface area (Å²) in [5.74, 6) is -0.602. The van der Waals surface area contributed by atoms with Crippen LogP contribution < -0.4 is 5.32 Å². The summed E-state index contributed by atoms with van der Waals surface area (Å²) in [4.78, 5) is 16.3. The normalized spacial score (nSPS) is 11.1. The Morgan fingerprint density at radius 2 is 1.71 bits per heavy atom. The summed E-state index contributed by atoms with van der Waals surface area (Å²) in [6.45, 7) is 0. The number of hydrogen-bond donors (Lipinski definition) is 3. The molecule has 2 aromatic heterocycles.